The molecule has 1 amide bonds. The molecule has 1 N–H and O–H groups in total. The highest BCUT2D eigenvalue weighted by Crippen LogP contribution is 2.25. The van der Waals surface area contributed by atoms with Crippen LogP contribution >= 0.6 is 0 Å². The zero-order valence-electron chi connectivity index (χ0n) is 13.6. The van der Waals surface area contributed by atoms with Crippen LogP contribution in [0.4, 0.5) is 0 Å². The number of carbonyl (C=O) groups is 1. The third-order valence-corrected chi connectivity index (χ3v) is 6.01. The van der Waals surface area contributed by atoms with E-state index in [1.807, 2.05) is 6.07 Å². The van der Waals surface area contributed by atoms with Crippen LogP contribution in [-0.2, 0) is 19.6 Å². The molecule has 1 saturated heterocycles. The molecule has 24 heavy (non-hydrogen) atoms. The van der Waals surface area contributed by atoms with Gasteiger partial charge in [0.1, 0.15) is 6.07 Å². The van der Waals surface area contributed by atoms with E-state index in [-0.39, 0.29) is 35.4 Å². The number of hydrogen-bond donors (Lipinski definition) is 1. The van der Waals surface area contributed by atoms with Gasteiger partial charge in [0, 0.05) is 32.7 Å². The van der Waals surface area contributed by atoms with Crippen molar-refractivity contribution in [2.75, 3.05) is 33.4 Å². The molecule has 0 radical (unpaired) electrons. The fraction of sp³-hybridized carbons (Fsp3) is 0.500. The number of piperidine rings is 1. The second-order valence-corrected chi connectivity index (χ2v) is 7.48. The summed E-state index contributed by atoms with van der Waals surface area (Å²) in [5, 5.41) is 11.9. The quantitative estimate of drug-likeness (QED) is 0.761. The minimum atomic E-state index is -3.72. The van der Waals surface area contributed by atoms with Crippen LogP contribution in [0, 0.1) is 17.2 Å². The highest BCUT2D eigenvalue weighted by atomic mass is 32.2. The van der Waals surface area contributed by atoms with Crippen molar-refractivity contribution in [2.45, 2.75) is 17.7 Å². The average Bonchev–Trinajstić information content (AvgIpc) is 2.62. The third kappa shape index (κ3) is 4.12. The SMILES string of the molecule is COCCNC(=O)C1CCN(S(=O)(=O)c2ccccc2C#N)CC1. The Morgan fingerprint density at radius 3 is 2.67 bits per heavy atom. The topological polar surface area (TPSA) is 99.5 Å². The van der Waals surface area contributed by atoms with Crippen LogP contribution in [-0.4, -0.2) is 52.0 Å². The number of ether oxygens (including phenoxy) is 1. The summed E-state index contributed by atoms with van der Waals surface area (Å²) in [5.74, 6) is -0.263. The molecule has 2 rings (SSSR count). The Morgan fingerprint density at radius 1 is 1.38 bits per heavy atom. The molecule has 1 fully saturated rings. The van der Waals surface area contributed by atoms with Crippen LogP contribution in [0.15, 0.2) is 29.2 Å². The predicted octanol–water partition coefficient (Wildman–Crippen LogP) is 0.722. The molecule has 0 bridgehead atoms. The van der Waals surface area contributed by atoms with Crippen molar-refractivity contribution in [3.8, 4) is 6.07 Å². The highest BCUT2D eigenvalue weighted by Gasteiger charge is 2.33. The summed E-state index contributed by atoms with van der Waals surface area (Å²) >= 11 is 0. The molecule has 0 atom stereocenters. The minimum Gasteiger partial charge on any atom is -0.383 e. The summed E-state index contributed by atoms with van der Waals surface area (Å²) in [7, 11) is -2.15. The molecule has 1 aromatic rings. The van der Waals surface area contributed by atoms with Crippen molar-refractivity contribution in [1.29, 1.82) is 5.26 Å². The number of sulfonamides is 1. The Bertz CT molecular complexity index is 719. The number of amides is 1. The summed E-state index contributed by atoms with van der Waals surface area (Å²) in [6, 6.07) is 8.08. The first-order chi connectivity index (χ1) is 11.5. The van der Waals surface area contributed by atoms with Gasteiger partial charge in [-0.2, -0.15) is 9.57 Å². The number of nitriles is 1. The molecule has 0 spiro atoms. The molecule has 8 heteroatoms. The Balaban J connectivity index is 2.01. The predicted molar refractivity (Wildman–Crippen MR) is 87.5 cm³/mol. The first-order valence-corrected chi connectivity index (χ1v) is 9.20. The lowest BCUT2D eigenvalue weighted by atomic mass is 9.97. The number of nitrogens with one attached hydrogen (secondary N) is 1. The number of hydrogen-bond acceptors (Lipinski definition) is 5. The summed E-state index contributed by atoms with van der Waals surface area (Å²) in [6.45, 7) is 1.43. The van der Waals surface area contributed by atoms with Crippen molar-refractivity contribution in [1.82, 2.24) is 9.62 Å². The van der Waals surface area contributed by atoms with Crippen LogP contribution in [0.25, 0.3) is 0 Å². The number of carbonyl (C=O) groups excluding carboxylic acids is 1. The van der Waals surface area contributed by atoms with E-state index < -0.39 is 10.0 Å². The number of benzene rings is 1. The molecule has 1 aliphatic rings. The van der Waals surface area contributed by atoms with E-state index in [2.05, 4.69) is 5.32 Å². The van der Waals surface area contributed by atoms with Crippen LogP contribution in [0.3, 0.4) is 0 Å². The normalized spacial score (nSPS) is 16.5. The van der Waals surface area contributed by atoms with Crippen LogP contribution < -0.4 is 5.32 Å². The molecule has 0 unspecified atom stereocenters. The number of methoxy groups -OCH3 is 1. The standard InChI is InChI=1S/C16H21N3O4S/c1-23-11-8-18-16(20)13-6-9-19(10-7-13)24(21,22)15-5-3-2-4-14(15)12-17/h2-5,13H,6-11H2,1H3,(H,18,20). The first-order valence-electron chi connectivity index (χ1n) is 7.76. The first kappa shape index (κ1) is 18.4. The van der Waals surface area contributed by atoms with Gasteiger partial charge in [0.25, 0.3) is 0 Å². The van der Waals surface area contributed by atoms with Gasteiger partial charge in [0.15, 0.2) is 0 Å². The largest absolute Gasteiger partial charge is 0.383 e. The van der Waals surface area contributed by atoms with E-state index in [0.29, 0.717) is 26.0 Å². The molecule has 7 nitrogen and oxygen atoms in total. The summed E-state index contributed by atoms with van der Waals surface area (Å²) < 4.78 is 31.7. The molecule has 1 aliphatic heterocycles. The van der Waals surface area contributed by atoms with E-state index >= 15 is 0 Å². The lowest BCUT2D eigenvalue weighted by molar-refractivity contribution is -0.126. The second kappa shape index (κ2) is 8.24. The van der Waals surface area contributed by atoms with Gasteiger partial charge >= 0.3 is 0 Å². The third-order valence-electron chi connectivity index (χ3n) is 4.06. The van der Waals surface area contributed by atoms with E-state index in [4.69, 9.17) is 10.00 Å². The van der Waals surface area contributed by atoms with Crippen molar-refractivity contribution in [3.05, 3.63) is 29.8 Å². The van der Waals surface area contributed by atoms with Gasteiger partial charge in [0.05, 0.1) is 17.1 Å². The lowest BCUT2D eigenvalue weighted by Crippen LogP contribution is -2.43. The van der Waals surface area contributed by atoms with E-state index in [0.717, 1.165) is 0 Å². The van der Waals surface area contributed by atoms with Gasteiger partial charge in [-0.3, -0.25) is 4.79 Å². The van der Waals surface area contributed by atoms with E-state index in [9.17, 15) is 13.2 Å². The van der Waals surface area contributed by atoms with Crippen LogP contribution in [0.1, 0.15) is 18.4 Å². The second-order valence-electron chi connectivity index (χ2n) is 5.57. The Labute approximate surface area is 142 Å². The zero-order valence-corrected chi connectivity index (χ0v) is 14.4. The maximum Gasteiger partial charge on any atom is 0.244 e. The zero-order chi connectivity index (χ0) is 17.6. The van der Waals surface area contributed by atoms with Crippen molar-refractivity contribution < 1.29 is 17.9 Å². The molecule has 0 aromatic heterocycles. The van der Waals surface area contributed by atoms with Crippen molar-refractivity contribution in [3.63, 3.8) is 0 Å². The minimum absolute atomic E-state index is 0.0236. The Hall–Kier alpha value is -1.95. The molecule has 1 aromatic carbocycles. The van der Waals surface area contributed by atoms with Crippen molar-refractivity contribution in [2.24, 2.45) is 5.92 Å². The highest BCUT2D eigenvalue weighted by molar-refractivity contribution is 7.89. The summed E-state index contributed by atoms with van der Waals surface area (Å²) in [6.07, 6.45) is 0.930. The molecular weight excluding hydrogens is 330 g/mol. The monoisotopic (exact) mass is 351 g/mol. The molecule has 0 aliphatic carbocycles. The van der Waals surface area contributed by atoms with E-state index in [1.165, 1.54) is 16.4 Å². The number of rotatable bonds is 6. The van der Waals surface area contributed by atoms with Crippen LogP contribution in [0.2, 0.25) is 0 Å². The van der Waals surface area contributed by atoms with Gasteiger partial charge < -0.3 is 10.1 Å². The van der Waals surface area contributed by atoms with Crippen molar-refractivity contribution >= 4 is 15.9 Å². The van der Waals surface area contributed by atoms with Gasteiger partial charge in [-0.1, -0.05) is 12.1 Å². The summed E-state index contributed by atoms with van der Waals surface area (Å²) in [4.78, 5) is 12.0. The maximum atomic E-state index is 12.7. The van der Waals surface area contributed by atoms with Crippen LogP contribution in [0.5, 0.6) is 0 Å². The average molecular weight is 351 g/mol. The molecule has 130 valence electrons. The Kier molecular flexibility index (Phi) is 6.31. The van der Waals surface area contributed by atoms with Gasteiger partial charge in [-0.15, -0.1) is 0 Å². The maximum absolute atomic E-state index is 12.7. The molecule has 0 saturated carbocycles. The summed E-state index contributed by atoms with van der Waals surface area (Å²) in [5.41, 5.74) is 0.136. The lowest BCUT2D eigenvalue weighted by Gasteiger charge is -2.30. The van der Waals surface area contributed by atoms with Gasteiger partial charge in [0.2, 0.25) is 15.9 Å². The fourth-order valence-electron chi connectivity index (χ4n) is 2.70. The van der Waals surface area contributed by atoms with Gasteiger partial charge in [-0.05, 0) is 25.0 Å². The fourth-order valence-corrected chi connectivity index (χ4v) is 4.31. The Morgan fingerprint density at radius 2 is 2.04 bits per heavy atom. The smallest absolute Gasteiger partial charge is 0.244 e. The molecular formula is C16H21N3O4S. The van der Waals surface area contributed by atoms with E-state index in [1.54, 1.807) is 19.2 Å². The number of nitrogens with zero attached hydrogens (tertiary/aromatic N) is 2. The van der Waals surface area contributed by atoms with Gasteiger partial charge in [-0.25, -0.2) is 8.42 Å². The molecule has 1 heterocycles.